The van der Waals surface area contributed by atoms with E-state index in [0.29, 0.717) is 12.0 Å². The fourth-order valence-corrected chi connectivity index (χ4v) is 2.23. The van der Waals surface area contributed by atoms with E-state index >= 15 is 0 Å². The molecule has 0 aromatic heterocycles. The molecule has 0 amide bonds. The molecule has 17 heavy (non-hydrogen) atoms. The Kier molecular flexibility index (Phi) is 6.01. The molecule has 3 heteroatoms. The molecule has 0 fully saturated rings. The van der Waals surface area contributed by atoms with Crippen molar-refractivity contribution in [3.63, 3.8) is 0 Å². The van der Waals surface area contributed by atoms with Crippen molar-refractivity contribution in [1.82, 2.24) is 5.43 Å². The summed E-state index contributed by atoms with van der Waals surface area (Å²) in [6.45, 7) is 4.43. The summed E-state index contributed by atoms with van der Waals surface area (Å²) in [5.74, 6) is 7.18. The Balaban J connectivity index is 2.66. The van der Waals surface area contributed by atoms with Gasteiger partial charge in [0.25, 0.3) is 0 Å². The molecule has 1 aromatic rings. The van der Waals surface area contributed by atoms with Crippen molar-refractivity contribution in [2.24, 2.45) is 11.8 Å². The topological polar surface area (TPSA) is 47.3 Å². The van der Waals surface area contributed by atoms with Crippen LogP contribution < -0.4 is 16.0 Å². The Morgan fingerprint density at radius 2 is 1.76 bits per heavy atom. The van der Waals surface area contributed by atoms with E-state index in [2.05, 4.69) is 31.4 Å². The Labute approximate surface area is 104 Å². The van der Waals surface area contributed by atoms with Crippen LogP contribution in [0.25, 0.3) is 0 Å². The predicted molar refractivity (Wildman–Crippen MR) is 71.9 cm³/mol. The summed E-state index contributed by atoms with van der Waals surface area (Å²) >= 11 is 0. The monoisotopic (exact) mass is 236 g/mol. The molecule has 0 bridgehead atoms. The van der Waals surface area contributed by atoms with Gasteiger partial charge in [0.2, 0.25) is 0 Å². The van der Waals surface area contributed by atoms with Gasteiger partial charge < -0.3 is 4.74 Å². The second-order valence-corrected chi connectivity index (χ2v) is 4.40. The maximum Gasteiger partial charge on any atom is 0.118 e. The number of hydrogen-bond acceptors (Lipinski definition) is 3. The van der Waals surface area contributed by atoms with Crippen molar-refractivity contribution < 1.29 is 4.74 Å². The first kappa shape index (κ1) is 14.0. The molecule has 0 aliphatic heterocycles. The van der Waals surface area contributed by atoms with Gasteiger partial charge in [-0.25, -0.2) is 0 Å². The Morgan fingerprint density at radius 3 is 2.18 bits per heavy atom. The SMILES string of the molecule is CCC(CC)C(Cc1ccc(OC)cc1)NN. The van der Waals surface area contributed by atoms with Crippen LogP contribution in [0, 0.1) is 5.92 Å². The number of methoxy groups -OCH3 is 1. The van der Waals surface area contributed by atoms with Crippen molar-refractivity contribution in [3.8, 4) is 5.75 Å². The molecule has 0 aliphatic carbocycles. The van der Waals surface area contributed by atoms with Crippen LogP contribution in [0.1, 0.15) is 32.3 Å². The molecule has 1 rings (SSSR count). The van der Waals surface area contributed by atoms with Crippen molar-refractivity contribution in [3.05, 3.63) is 29.8 Å². The van der Waals surface area contributed by atoms with E-state index in [9.17, 15) is 0 Å². The Hall–Kier alpha value is -1.06. The molecular formula is C14H24N2O. The summed E-state index contributed by atoms with van der Waals surface area (Å²) in [6, 6.07) is 8.54. The fourth-order valence-electron chi connectivity index (χ4n) is 2.23. The van der Waals surface area contributed by atoms with Crippen molar-refractivity contribution >= 4 is 0 Å². The average Bonchev–Trinajstić information content (AvgIpc) is 2.39. The molecule has 3 N–H and O–H groups in total. The molecule has 96 valence electrons. The minimum absolute atomic E-state index is 0.346. The van der Waals surface area contributed by atoms with Crippen molar-refractivity contribution in [2.45, 2.75) is 39.2 Å². The molecule has 0 saturated heterocycles. The van der Waals surface area contributed by atoms with E-state index in [-0.39, 0.29) is 0 Å². The van der Waals surface area contributed by atoms with Gasteiger partial charge in [-0.1, -0.05) is 38.8 Å². The zero-order valence-electron chi connectivity index (χ0n) is 11.1. The van der Waals surface area contributed by atoms with Crippen LogP contribution in [0.3, 0.4) is 0 Å². The van der Waals surface area contributed by atoms with Crippen LogP contribution >= 0.6 is 0 Å². The van der Waals surface area contributed by atoms with Gasteiger partial charge in [-0.3, -0.25) is 11.3 Å². The highest BCUT2D eigenvalue weighted by Crippen LogP contribution is 2.18. The summed E-state index contributed by atoms with van der Waals surface area (Å²) in [7, 11) is 1.68. The Bertz CT molecular complexity index is 307. The van der Waals surface area contributed by atoms with Gasteiger partial charge in [0.15, 0.2) is 0 Å². The standard InChI is InChI=1S/C14H24N2O/c1-4-12(5-2)14(16-15)10-11-6-8-13(17-3)9-7-11/h6-9,12,14,16H,4-5,10,15H2,1-3H3. The van der Waals surface area contributed by atoms with Crippen LogP contribution in [0.4, 0.5) is 0 Å². The van der Waals surface area contributed by atoms with E-state index < -0.39 is 0 Å². The quantitative estimate of drug-likeness (QED) is 0.565. The van der Waals surface area contributed by atoms with Gasteiger partial charge in [-0.2, -0.15) is 0 Å². The lowest BCUT2D eigenvalue weighted by Crippen LogP contribution is -2.42. The molecule has 0 spiro atoms. The zero-order valence-corrected chi connectivity index (χ0v) is 11.1. The maximum atomic E-state index is 5.65. The van der Waals surface area contributed by atoms with Crippen LogP contribution in [0.15, 0.2) is 24.3 Å². The van der Waals surface area contributed by atoms with E-state index in [4.69, 9.17) is 10.6 Å². The van der Waals surface area contributed by atoms with Gasteiger partial charge in [0.05, 0.1) is 7.11 Å². The molecule has 0 radical (unpaired) electrons. The average molecular weight is 236 g/mol. The van der Waals surface area contributed by atoms with E-state index in [1.807, 2.05) is 12.1 Å². The van der Waals surface area contributed by atoms with Crippen molar-refractivity contribution in [2.75, 3.05) is 7.11 Å². The van der Waals surface area contributed by atoms with E-state index in [0.717, 1.165) is 25.0 Å². The second kappa shape index (κ2) is 7.30. The van der Waals surface area contributed by atoms with E-state index in [1.165, 1.54) is 5.56 Å². The van der Waals surface area contributed by atoms with Crippen LogP contribution in [0.5, 0.6) is 5.75 Å². The molecule has 1 unspecified atom stereocenters. The van der Waals surface area contributed by atoms with Crippen molar-refractivity contribution in [1.29, 1.82) is 0 Å². The summed E-state index contributed by atoms with van der Waals surface area (Å²) in [4.78, 5) is 0. The maximum absolute atomic E-state index is 5.65. The number of nitrogens with two attached hydrogens (primary N) is 1. The highest BCUT2D eigenvalue weighted by atomic mass is 16.5. The largest absolute Gasteiger partial charge is 0.497 e. The van der Waals surface area contributed by atoms with Gasteiger partial charge in [-0.05, 0) is 30.0 Å². The molecule has 1 aromatic carbocycles. The highest BCUT2D eigenvalue weighted by molar-refractivity contribution is 5.27. The third-order valence-electron chi connectivity index (χ3n) is 3.45. The smallest absolute Gasteiger partial charge is 0.118 e. The molecular weight excluding hydrogens is 212 g/mol. The lowest BCUT2D eigenvalue weighted by atomic mass is 9.90. The number of hydrogen-bond donors (Lipinski definition) is 2. The number of hydrazine groups is 1. The van der Waals surface area contributed by atoms with E-state index in [1.54, 1.807) is 7.11 Å². The van der Waals surface area contributed by atoms with Gasteiger partial charge in [-0.15, -0.1) is 0 Å². The van der Waals surface area contributed by atoms with Gasteiger partial charge in [0, 0.05) is 6.04 Å². The number of ether oxygens (including phenoxy) is 1. The number of rotatable bonds is 7. The summed E-state index contributed by atoms with van der Waals surface area (Å²) in [5, 5.41) is 0. The first-order valence-electron chi connectivity index (χ1n) is 6.34. The summed E-state index contributed by atoms with van der Waals surface area (Å²) in [5.41, 5.74) is 4.24. The highest BCUT2D eigenvalue weighted by Gasteiger charge is 2.17. The van der Waals surface area contributed by atoms with Crippen LogP contribution in [-0.4, -0.2) is 13.2 Å². The van der Waals surface area contributed by atoms with Gasteiger partial charge >= 0.3 is 0 Å². The van der Waals surface area contributed by atoms with Gasteiger partial charge in [0.1, 0.15) is 5.75 Å². The molecule has 0 saturated carbocycles. The molecule has 3 nitrogen and oxygen atoms in total. The Morgan fingerprint density at radius 1 is 1.18 bits per heavy atom. The number of nitrogens with one attached hydrogen (secondary N) is 1. The lowest BCUT2D eigenvalue weighted by molar-refractivity contribution is 0.335. The minimum atomic E-state index is 0.346. The summed E-state index contributed by atoms with van der Waals surface area (Å²) < 4.78 is 5.15. The normalized spacial score (nSPS) is 12.8. The van der Waals surface area contributed by atoms with Crippen LogP contribution in [0.2, 0.25) is 0 Å². The minimum Gasteiger partial charge on any atom is -0.497 e. The third-order valence-corrected chi connectivity index (χ3v) is 3.45. The van der Waals surface area contributed by atoms with Crippen LogP contribution in [-0.2, 0) is 6.42 Å². The zero-order chi connectivity index (χ0) is 12.7. The predicted octanol–water partition coefficient (Wildman–Crippen LogP) is 2.51. The first-order valence-corrected chi connectivity index (χ1v) is 6.34. The molecule has 0 aliphatic rings. The third kappa shape index (κ3) is 4.02. The summed E-state index contributed by atoms with van der Waals surface area (Å²) in [6.07, 6.45) is 3.27. The second-order valence-electron chi connectivity index (χ2n) is 4.40. The first-order chi connectivity index (χ1) is 8.24. The number of benzene rings is 1. The lowest BCUT2D eigenvalue weighted by Gasteiger charge is -2.24. The molecule has 1 atom stereocenters. The fraction of sp³-hybridized carbons (Fsp3) is 0.571. The molecule has 0 heterocycles.